The molecule has 0 atom stereocenters. The van der Waals surface area contributed by atoms with Gasteiger partial charge in [0.15, 0.2) is 0 Å². The molecule has 0 aliphatic heterocycles. The lowest BCUT2D eigenvalue weighted by molar-refractivity contribution is 1.17. The number of rotatable bonds is 9. The fourth-order valence-corrected chi connectivity index (χ4v) is 25.2. The fourth-order valence-electron chi connectivity index (χ4n) is 21.9. The Morgan fingerprint density at radius 2 is 0.326 bits per heavy atom. The van der Waals surface area contributed by atoms with E-state index in [1.54, 1.807) is 0 Å². The molecule has 0 bridgehead atoms. The topological polar surface area (TPSA) is 29.6 Å². The minimum Gasteiger partial charge on any atom is -0.309 e. The van der Waals surface area contributed by atoms with Gasteiger partial charge in [0.05, 0.1) is 66.2 Å². The number of nitrogens with zero attached hydrogens (tertiary/aromatic N) is 6. The maximum atomic E-state index is 2.47. The maximum absolute atomic E-state index is 2.47. The van der Waals surface area contributed by atoms with Crippen molar-refractivity contribution in [2.75, 3.05) is 0 Å². The van der Waals surface area contributed by atoms with Crippen molar-refractivity contribution < 1.29 is 0 Å². The second-order valence-corrected chi connectivity index (χ2v) is 38.6. The Balaban J connectivity index is 0.000000101. The molecule has 630 valence electrons. The highest BCUT2D eigenvalue weighted by Crippen LogP contribution is 2.50. The Bertz CT molecular complexity index is 9990. The van der Waals surface area contributed by atoms with Crippen LogP contribution in [0.1, 0.15) is 0 Å². The van der Waals surface area contributed by atoms with Crippen LogP contribution in [0.3, 0.4) is 0 Å². The molecule has 0 radical (unpaired) electrons. The largest absolute Gasteiger partial charge is 0.309 e. The van der Waals surface area contributed by atoms with E-state index in [9.17, 15) is 0 Å². The van der Waals surface area contributed by atoms with Gasteiger partial charge in [-0.15, -0.1) is 34.0 Å². The Morgan fingerprint density at radius 1 is 0.104 bits per heavy atom. The van der Waals surface area contributed by atoms with Crippen molar-refractivity contribution in [2.45, 2.75) is 0 Å². The molecule has 6 nitrogen and oxygen atoms in total. The number of thiophene rings is 3. The van der Waals surface area contributed by atoms with Crippen LogP contribution in [-0.2, 0) is 0 Å². The van der Waals surface area contributed by atoms with Crippen LogP contribution in [0.25, 0.3) is 259 Å². The van der Waals surface area contributed by atoms with Crippen molar-refractivity contribution in [1.82, 2.24) is 27.4 Å². The van der Waals surface area contributed by atoms with E-state index >= 15 is 0 Å². The highest BCUT2D eigenvalue weighted by atomic mass is 32.1. The molecule has 21 aromatic carbocycles. The van der Waals surface area contributed by atoms with Crippen molar-refractivity contribution in [1.29, 1.82) is 0 Å². The van der Waals surface area contributed by atoms with Gasteiger partial charge in [0.25, 0.3) is 0 Å². The molecule has 9 aromatic heterocycles. The number of para-hydroxylation sites is 7. The van der Waals surface area contributed by atoms with Crippen LogP contribution >= 0.6 is 34.0 Å². The molecular formula is C126H78N6S3. The summed E-state index contributed by atoms with van der Waals surface area (Å²) in [4.78, 5) is 0. The monoisotopic (exact) mass is 1770 g/mol. The Labute approximate surface area is 787 Å². The van der Waals surface area contributed by atoms with Gasteiger partial charge < -0.3 is 27.4 Å². The Kier molecular flexibility index (Phi) is 17.6. The second kappa shape index (κ2) is 30.9. The molecule has 30 aromatic rings. The number of hydrogen-bond acceptors (Lipinski definition) is 3. The third kappa shape index (κ3) is 12.3. The first-order chi connectivity index (χ1) is 66.9. The first-order valence-electron chi connectivity index (χ1n) is 46.1. The number of fused-ring (bicyclic) bond motifs is 27. The number of benzene rings is 21. The maximum Gasteiger partial charge on any atom is 0.0562 e. The average molecular weight is 1770 g/mol. The zero-order chi connectivity index (χ0) is 88.5. The zero-order valence-electron chi connectivity index (χ0n) is 72.9. The van der Waals surface area contributed by atoms with E-state index in [0.29, 0.717) is 0 Å². The first-order valence-corrected chi connectivity index (χ1v) is 48.5. The zero-order valence-corrected chi connectivity index (χ0v) is 75.4. The lowest BCUT2D eigenvalue weighted by atomic mass is 9.98. The molecule has 0 saturated carbocycles. The normalized spacial score (nSPS) is 12.0. The lowest BCUT2D eigenvalue weighted by Crippen LogP contribution is -1.97. The van der Waals surface area contributed by atoms with Crippen molar-refractivity contribution in [3.63, 3.8) is 0 Å². The SMILES string of the molecule is c1ccc(-c2cc(-c3ccccc3)cc(-n3c4ccccc4c4cc5c6cc7sc8ccccc8c7cc6n(-c6ccccc6)c5cc43)c2)cc1.c1ccc(-c2cccc(-n3c4ccccc4c4cc5c6cc7sc8ccccc8c7cc6n(-c6ccccc6)c5cc43)c2)cc1.c1ccc(-n2c3ccccc3c3cc4c5cc6sc7ccccc7c6cc5n(-c5ccccc5)c4cc32)cc1. The third-order valence-corrected chi connectivity index (χ3v) is 31.2. The van der Waals surface area contributed by atoms with Gasteiger partial charge in [0.2, 0.25) is 0 Å². The average Bonchev–Trinajstić information content (AvgIpc) is 1.55. The van der Waals surface area contributed by atoms with E-state index in [1.807, 2.05) is 34.0 Å². The van der Waals surface area contributed by atoms with Gasteiger partial charge in [-0.3, -0.25) is 0 Å². The molecule has 30 rings (SSSR count). The van der Waals surface area contributed by atoms with Gasteiger partial charge in [0.1, 0.15) is 0 Å². The van der Waals surface area contributed by atoms with E-state index < -0.39 is 0 Å². The van der Waals surface area contributed by atoms with Crippen LogP contribution in [0.2, 0.25) is 0 Å². The van der Waals surface area contributed by atoms with Gasteiger partial charge in [-0.25, -0.2) is 0 Å². The Hall–Kier alpha value is -16.9. The molecule has 0 unspecified atom stereocenters. The van der Waals surface area contributed by atoms with Crippen LogP contribution in [0.5, 0.6) is 0 Å². The van der Waals surface area contributed by atoms with Crippen molar-refractivity contribution in [3.05, 3.63) is 473 Å². The highest BCUT2D eigenvalue weighted by molar-refractivity contribution is 7.26. The van der Waals surface area contributed by atoms with Gasteiger partial charge >= 0.3 is 0 Å². The minimum atomic E-state index is 1.15. The molecule has 135 heavy (non-hydrogen) atoms. The van der Waals surface area contributed by atoms with Gasteiger partial charge in [-0.05, 0) is 221 Å². The second-order valence-electron chi connectivity index (χ2n) is 35.4. The summed E-state index contributed by atoms with van der Waals surface area (Å²) in [5.74, 6) is 0. The van der Waals surface area contributed by atoms with Crippen LogP contribution in [0.15, 0.2) is 473 Å². The number of hydrogen-bond donors (Lipinski definition) is 0. The summed E-state index contributed by atoms with van der Waals surface area (Å²) < 4.78 is 22.7. The van der Waals surface area contributed by atoms with Gasteiger partial charge in [-0.2, -0.15) is 0 Å². The smallest absolute Gasteiger partial charge is 0.0562 e. The summed E-state index contributed by atoms with van der Waals surface area (Å²) >= 11 is 5.65. The molecule has 9 heterocycles. The summed E-state index contributed by atoms with van der Waals surface area (Å²) in [6, 6.07) is 173. The fraction of sp³-hybridized carbons (Fsp3) is 0. The quantitative estimate of drug-likeness (QED) is 0.138. The summed E-state index contributed by atoms with van der Waals surface area (Å²) in [6.07, 6.45) is 0. The first kappa shape index (κ1) is 76.9. The summed E-state index contributed by atoms with van der Waals surface area (Å²) in [7, 11) is 0. The molecule has 0 aliphatic rings. The van der Waals surface area contributed by atoms with E-state index in [-0.39, 0.29) is 0 Å². The summed E-state index contributed by atoms with van der Waals surface area (Å²) in [5, 5.41) is 23.2. The molecule has 0 aliphatic carbocycles. The summed E-state index contributed by atoms with van der Waals surface area (Å²) in [6.45, 7) is 0. The minimum absolute atomic E-state index is 1.15. The number of aromatic nitrogens is 6. The molecule has 0 amide bonds. The van der Waals surface area contributed by atoms with Crippen molar-refractivity contribution >= 4 is 225 Å². The molecular weight excluding hydrogens is 1690 g/mol. The standard InChI is InChI=1S/C48H30N2S.C42H26N2S.C36H22N2S/c1-4-14-31(15-5-1)33-24-34(32-16-6-2-7-17-32)26-36(25-33)50-43-22-12-10-20-37(43)39-27-40-41-29-48-42(38-21-11-13-23-47(38)51-48)28-44(41)49(46(40)30-45(39)50)35-18-8-3-9-19-35;1-3-12-27(13-4-1)28-14-11-17-30(22-28)44-37-20-9-7-18-31(37)33-23-34-35-25-42-36(32-19-8-10-21-41(32)45-42)24-38(35)43(40(34)26-39(33)44)29-15-5-2-6-16-29;1-3-11-23(12-4-1)37-31-17-9-7-15-25(31)27-19-28-29-21-36-30(26-16-8-10-18-35(26)39-36)20-32(29)38(34(28)22-33(27)37)24-13-5-2-6-14-24/h1-30H;1-26H;1-22H. The molecule has 0 saturated heterocycles. The lowest BCUT2D eigenvalue weighted by Gasteiger charge is -2.14. The van der Waals surface area contributed by atoms with Gasteiger partial charge in [-0.1, -0.05) is 285 Å². The summed E-state index contributed by atoms with van der Waals surface area (Å²) in [5.41, 5.74) is 28.9. The van der Waals surface area contributed by atoms with Crippen molar-refractivity contribution in [2.24, 2.45) is 0 Å². The van der Waals surface area contributed by atoms with Crippen LogP contribution in [0, 0.1) is 0 Å². The van der Waals surface area contributed by atoms with E-state index in [2.05, 4.69) is 501 Å². The Morgan fingerprint density at radius 3 is 0.659 bits per heavy atom. The predicted molar refractivity (Wildman–Crippen MR) is 580 cm³/mol. The van der Waals surface area contributed by atoms with E-state index in [0.717, 1.165) is 17.1 Å². The van der Waals surface area contributed by atoms with E-state index in [1.165, 1.54) is 242 Å². The van der Waals surface area contributed by atoms with Crippen LogP contribution in [-0.4, -0.2) is 27.4 Å². The predicted octanol–water partition coefficient (Wildman–Crippen LogP) is 35.7. The van der Waals surface area contributed by atoms with Crippen LogP contribution < -0.4 is 0 Å². The van der Waals surface area contributed by atoms with Crippen LogP contribution in [0.4, 0.5) is 0 Å². The highest BCUT2D eigenvalue weighted by Gasteiger charge is 2.27. The van der Waals surface area contributed by atoms with Gasteiger partial charge in [0, 0.05) is 159 Å². The molecule has 9 heteroatoms. The molecule has 0 spiro atoms. The molecule has 0 fully saturated rings. The van der Waals surface area contributed by atoms with E-state index in [4.69, 9.17) is 0 Å². The van der Waals surface area contributed by atoms with Crippen molar-refractivity contribution in [3.8, 4) is 67.5 Å². The third-order valence-electron chi connectivity index (χ3n) is 27.8. The molecule has 0 N–H and O–H groups in total.